The van der Waals surface area contributed by atoms with Gasteiger partial charge in [-0.15, -0.1) is 0 Å². The number of aromatic hydroxyl groups is 1. The van der Waals surface area contributed by atoms with Gasteiger partial charge in [0.15, 0.2) is 0 Å². The average Bonchev–Trinajstić information content (AvgIpc) is 2.18. The summed E-state index contributed by atoms with van der Waals surface area (Å²) in [7, 11) is 0. The largest absolute Gasteiger partial charge is 0.506 e. The van der Waals surface area contributed by atoms with Gasteiger partial charge in [0.05, 0.1) is 5.69 Å². The number of carbonyl (C=O) groups is 1. The highest BCUT2D eigenvalue weighted by molar-refractivity contribution is 5.93. The fourth-order valence-corrected chi connectivity index (χ4v) is 0.960. The molecular weight excluding hydrogens is 182 g/mol. The molecule has 1 aromatic rings. The van der Waals surface area contributed by atoms with E-state index < -0.39 is 0 Å². The molecule has 0 fully saturated rings. The highest BCUT2D eigenvalue weighted by Gasteiger charge is 2.04. The average molecular weight is 195 g/mol. The number of hydrogen-bond acceptors (Lipinski definition) is 3. The van der Waals surface area contributed by atoms with E-state index >= 15 is 0 Å². The summed E-state index contributed by atoms with van der Waals surface area (Å²) in [6.45, 7) is 2.31. The standard InChI is InChI=1S/C10H13NO3/c1-2-14-7-10(13)11-8-5-3-4-6-9(8)12/h3-6,12H,2,7H2,1H3,(H,11,13). The molecule has 1 aromatic carbocycles. The Balaban J connectivity index is 2.52. The van der Waals surface area contributed by atoms with Crippen molar-refractivity contribution in [1.29, 1.82) is 0 Å². The predicted molar refractivity (Wildman–Crippen MR) is 53.2 cm³/mol. The van der Waals surface area contributed by atoms with E-state index in [9.17, 15) is 9.90 Å². The van der Waals surface area contributed by atoms with Crippen molar-refractivity contribution >= 4 is 11.6 Å². The molecule has 0 spiro atoms. The van der Waals surface area contributed by atoms with Crippen molar-refractivity contribution in [3.63, 3.8) is 0 Å². The van der Waals surface area contributed by atoms with Gasteiger partial charge < -0.3 is 15.2 Å². The van der Waals surface area contributed by atoms with Crippen LogP contribution >= 0.6 is 0 Å². The number of benzene rings is 1. The van der Waals surface area contributed by atoms with Gasteiger partial charge in [0.2, 0.25) is 5.91 Å². The first-order valence-electron chi connectivity index (χ1n) is 4.39. The highest BCUT2D eigenvalue weighted by atomic mass is 16.5. The van der Waals surface area contributed by atoms with Gasteiger partial charge >= 0.3 is 0 Å². The molecule has 1 rings (SSSR count). The Hall–Kier alpha value is -1.55. The fraction of sp³-hybridized carbons (Fsp3) is 0.300. The molecule has 4 heteroatoms. The molecule has 2 N–H and O–H groups in total. The molecule has 0 saturated heterocycles. The van der Waals surface area contributed by atoms with E-state index in [1.165, 1.54) is 6.07 Å². The third-order valence-corrected chi connectivity index (χ3v) is 1.62. The number of rotatable bonds is 4. The number of carbonyl (C=O) groups excluding carboxylic acids is 1. The van der Waals surface area contributed by atoms with Gasteiger partial charge in [-0.3, -0.25) is 4.79 Å². The van der Waals surface area contributed by atoms with Crippen LogP contribution in [0.1, 0.15) is 6.92 Å². The summed E-state index contributed by atoms with van der Waals surface area (Å²) in [4.78, 5) is 11.2. The van der Waals surface area contributed by atoms with Crippen molar-refractivity contribution < 1.29 is 14.6 Å². The minimum absolute atomic E-state index is 0.00480. The van der Waals surface area contributed by atoms with Crippen molar-refractivity contribution in [2.45, 2.75) is 6.92 Å². The van der Waals surface area contributed by atoms with Crippen molar-refractivity contribution in [2.24, 2.45) is 0 Å². The quantitative estimate of drug-likeness (QED) is 0.713. The number of hydrogen-bond donors (Lipinski definition) is 2. The van der Waals surface area contributed by atoms with Crippen molar-refractivity contribution in [2.75, 3.05) is 18.5 Å². The van der Waals surface area contributed by atoms with Gasteiger partial charge in [0.25, 0.3) is 0 Å². The molecule has 0 atom stereocenters. The van der Waals surface area contributed by atoms with Gasteiger partial charge in [-0.05, 0) is 19.1 Å². The van der Waals surface area contributed by atoms with Crippen LogP contribution < -0.4 is 5.32 Å². The Kier molecular flexibility index (Phi) is 3.94. The van der Waals surface area contributed by atoms with E-state index in [0.29, 0.717) is 12.3 Å². The second-order valence-corrected chi connectivity index (χ2v) is 2.70. The lowest BCUT2D eigenvalue weighted by Crippen LogP contribution is -2.18. The fourth-order valence-electron chi connectivity index (χ4n) is 0.960. The number of nitrogens with one attached hydrogen (secondary N) is 1. The number of para-hydroxylation sites is 2. The number of phenols is 1. The number of phenolic OH excluding ortho intramolecular Hbond substituents is 1. The molecule has 0 bridgehead atoms. The molecule has 14 heavy (non-hydrogen) atoms. The first-order valence-corrected chi connectivity index (χ1v) is 4.39. The minimum Gasteiger partial charge on any atom is -0.506 e. The van der Waals surface area contributed by atoms with Gasteiger partial charge in [0.1, 0.15) is 12.4 Å². The summed E-state index contributed by atoms with van der Waals surface area (Å²) in [6.07, 6.45) is 0. The Labute approximate surface area is 82.5 Å². The second-order valence-electron chi connectivity index (χ2n) is 2.70. The lowest BCUT2D eigenvalue weighted by molar-refractivity contribution is -0.120. The van der Waals surface area contributed by atoms with Gasteiger partial charge in [0, 0.05) is 6.61 Å². The first-order chi connectivity index (χ1) is 6.74. The normalized spacial score (nSPS) is 9.79. The molecular formula is C10H13NO3. The number of amides is 1. The summed E-state index contributed by atoms with van der Waals surface area (Å²) in [5, 5.41) is 11.9. The summed E-state index contributed by atoms with van der Waals surface area (Å²) < 4.78 is 4.91. The third-order valence-electron chi connectivity index (χ3n) is 1.62. The first kappa shape index (κ1) is 10.5. The van der Waals surface area contributed by atoms with E-state index in [-0.39, 0.29) is 18.3 Å². The summed E-state index contributed by atoms with van der Waals surface area (Å²) in [6, 6.07) is 6.55. The molecule has 4 nitrogen and oxygen atoms in total. The van der Waals surface area contributed by atoms with Crippen LogP contribution in [0.2, 0.25) is 0 Å². The second kappa shape index (κ2) is 5.24. The van der Waals surface area contributed by atoms with Crippen molar-refractivity contribution in [3.05, 3.63) is 24.3 Å². The smallest absolute Gasteiger partial charge is 0.250 e. The van der Waals surface area contributed by atoms with Crippen LogP contribution in [-0.2, 0) is 9.53 Å². The maximum atomic E-state index is 11.2. The van der Waals surface area contributed by atoms with E-state index in [1.54, 1.807) is 18.2 Å². The Morgan fingerprint density at radius 1 is 1.50 bits per heavy atom. The molecule has 76 valence electrons. The lowest BCUT2D eigenvalue weighted by atomic mass is 10.3. The Morgan fingerprint density at radius 2 is 2.21 bits per heavy atom. The van der Waals surface area contributed by atoms with E-state index in [2.05, 4.69) is 5.32 Å². The molecule has 0 aliphatic heterocycles. The van der Waals surface area contributed by atoms with E-state index in [0.717, 1.165) is 0 Å². The van der Waals surface area contributed by atoms with Crippen LogP contribution in [-0.4, -0.2) is 24.2 Å². The molecule has 0 heterocycles. The van der Waals surface area contributed by atoms with Crippen LogP contribution in [0.25, 0.3) is 0 Å². The van der Waals surface area contributed by atoms with Gasteiger partial charge in [-0.1, -0.05) is 12.1 Å². The maximum absolute atomic E-state index is 11.2. The van der Waals surface area contributed by atoms with Crippen LogP contribution in [0.15, 0.2) is 24.3 Å². The van der Waals surface area contributed by atoms with Crippen LogP contribution in [0.3, 0.4) is 0 Å². The highest BCUT2D eigenvalue weighted by Crippen LogP contribution is 2.20. The third kappa shape index (κ3) is 3.06. The Morgan fingerprint density at radius 3 is 2.86 bits per heavy atom. The molecule has 0 aromatic heterocycles. The number of ether oxygens (including phenoxy) is 1. The van der Waals surface area contributed by atoms with E-state index in [4.69, 9.17) is 4.74 Å². The zero-order valence-electron chi connectivity index (χ0n) is 7.99. The van der Waals surface area contributed by atoms with Crippen LogP contribution in [0, 0.1) is 0 Å². The minimum atomic E-state index is -0.270. The zero-order chi connectivity index (χ0) is 10.4. The molecule has 1 amide bonds. The summed E-state index contributed by atoms with van der Waals surface area (Å²) in [5.74, 6) is -0.217. The topological polar surface area (TPSA) is 58.6 Å². The zero-order valence-corrected chi connectivity index (χ0v) is 7.99. The molecule has 0 unspecified atom stereocenters. The maximum Gasteiger partial charge on any atom is 0.250 e. The predicted octanol–water partition coefficient (Wildman–Crippen LogP) is 1.37. The molecule has 0 aliphatic carbocycles. The monoisotopic (exact) mass is 195 g/mol. The van der Waals surface area contributed by atoms with Crippen molar-refractivity contribution in [1.82, 2.24) is 0 Å². The van der Waals surface area contributed by atoms with Gasteiger partial charge in [-0.25, -0.2) is 0 Å². The SMILES string of the molecule is CCOCC(=O)Nc1ccccc1O. The van der Waals surface area contributed by atoms with E-state index in [1.807, 2.05) is 6.92 Å². The van der Waals surface area contributed by atoms with Crippen LogP contribution in [0.5, 0.6) is 5.75 Å². The Bertz CT molecular complexity index is 312. The molecule has 0 aliphatic rings. The molecule has 0 saturated carbocycles. The molecule has 0 radical (unpaired) electrons. The van der Waals surface area contributed by atoms with Crippen LogP contribution in [0.4, 0.5) is 5.69 Å². The number of anilines is 1. The van der Waals surface area contributed by atoms with Gasteiger partial charge in [-0.2, -0.15) is 0 Å². The summed E-state index contributed by atoms with van der Waals surface area (Å²) in [5.41, 5.74) is 0.400. The lowest BCUT2D eigenvalue weighted by Gasteiger charge is -2.06. The summed E-state index contributed by atoms with van der Waals surface area (Å²) >= 11 is 0. The van der Waals surface area contributed by atoms with Crippen molar-refractivity contribution in [3.8, 4) is 5.75 Å².